The van der Waals surface area contributed by atoms with E-state index < -0.39 is 0 Å². The number of piperidine rings is 1. The van der Waals surface area contributed by atoms with Gasteiger partial charge in [0.15, 0.2) is 0 Å². The van der Waals surface area contributed by atoms with Crippen LogP contribution in [0, 0.1) is 0 Å². The van der Waals surface area contributed by atoms with Crippen molar-refractivity contribution in [3.63, 3.8) is 0 Å². The summed E-state index contributed by atoms with van der Waals surface area (Å²) in [6, 6.07) is 7.58. The maximum Gasteiger partial charge on any atom is 0.251 e. The molecular weight excluding hydrogens is 306 g/mol. The minimum absolute atomic E-state index is 0.0949. The highest BCUT2D eigenvalue weighted by Crippen LogP contribution is 2.15. The van der Waals surface area contributed by atoms with Crippen LogP contribution in [0.15, 0.2) is 36.9 Å². The fourth-order valence-electron chi connectivity index (χ4n) is 3.12. The van der Waals surface area contributed by atoms with Gasteiger partial charge < -0.3 is 10.4 Å². The first-order chi connectivity index (χ1) is 11.8. The van der Waals surface area contributed by atoms with Crippen molar-refractivity contribution < 1.29 is 9.90 Å². The molecule has 7 nitrogen and oxygen atoms in total. The molecule has 3 rings (SSSR count). The number of aliphatic hydroxyl groups excluding tert-OH is 1. The molecule has 1 aromatic carbocycles. The number of benzene rings is 1. The zero-order valence-electron chi connectivity index (χ0n) is 13.6. The number of nitrogens with zero attached hydrogens (tertiary/aromatic N) is 4. The predicted molar refractivity (Wildman–Crippen MR) is 90.0 cm³/mol. The Morgan fingerprint density at radius 1 is 1.29 bits per heavy atom. The Hall–Kier alpha value is -2.25. The van der Waals surface area contributed by atoms with Crippen LogP contribution in [0.4, 0.5) is 0 Å². The van der Waals surface area contributed by atoms with E-state index in [-0.39, 0.29) is 18.6 Å². The Labute approximate surface area is 141 Å². The monoisotopic (exact) mass is 329 g/mol. The van der Waals surface area contributed by atoms with Gasteiger partial charge in [-0.25, -0.2) is 0 Å². The van der Waals surface area contributed by atoms with Gasteiger partial charge in [0.05, 0.1) is 6.61 Å². The predicted octanol–water partition coefficient (Wildman–Crippen LogP) is 0.844. The maximum atomic E-state index is 12.3. The molecule has 1 atom stereocenters. The maximum absolute atomic E-state index is 12.3. The van der Waals surface area contributed by atoms with E-state index in [9.17, 15) is 9.90 Å². The summed E-state index contributed by atoms with van der Waals surface area (Å²) in [5.74, 6) is -0.0949. The lowest BCUT2D eigenvalue weighted by molar-refractivity contribution is 0.0849. The molecule has 2 aromatic rings. The van der Waals surface area contributed by atoms with Gasteiger partial charge >= 0.3 is 0 Å². The zero-order valence-corrected chi connectivity index (χ0v) is 13.6. The van der Waals surface area contributed by atoms with E-state index >= 15 is 0 Å². The second-order valence-electron chi connectivity index (χ2n) is 6.04. The van der Waals surface area contributed by atoms with Crippen LogP contribution in [0.1, 0.15) is 29.6 Å². The van der Waals surface area contributed by atoms with Crippen molar-refractivity contribution in [2.75, 3.05) is 26.2 Å². The molecule has 7 heteroatoms. The summed E-state index contributed by atoms with van der Waals surface area (Å²) in [7, 11) is 0. The molecule has 128 valence electrons. The number of likely N-dealkylation sites (tertiary alicyclic amines) is 1. The number of carbonyl (C=O) groups is 1. The van der Waals surface area contributed by atoms with Crippen LogP contribution in [-0.2, 0) is 0 Å². The standard InChI is InChI=1S/C17H23N5O2/c23-11-16-5-1-2-8-21(16)9-7-18-17(24)14-4-3-6-15(10-14)22-12-19-20-13-22/h3-4,6,10,12-13,16,23H,1-2,5,7-9,11H2,(H,18,24)/t16-/m1/s1. The molecule has 1 amide bonds. The van der Waals surface area contributed by atoms with Crippen molar-refractivity contribution in [2.45, 2.75) is 25.3 Å². The summed E-state index contributed by atoms with van der Waals surface area (Å²) in [6.45, 7) is 2.52. The van der Waals surface area contributed by atoms with Crippen LogP contribution >= 0.6 is 0 Å². The van der Waals surface area contributed by atoms with Gasteiger partial charge in [0.25, 0.3) is 5.91 Å². The van der Waals surface area contributed by atoms with E-state index in [0.717, 1.165) is 31.6 Å². The molecule has 2 heterocycles. The lowest BCUT2D eigenvalue weighted by atomic mass is 10.0. The van der Waals surface area contributed by atoms with Crippen molar-refractivity contribution in [3.8, 4) is 5.69 Å². The molecule has 1 aliphatic heterocycles. The highest BCUT2D eigenvalue weighted by Gasteiger charge is 2.21. The second-order valence-corrected chi connectivity index (χ2v) is 6.04. The van der Waals surface area contributed by atoms with Crippen molar-refractivity contribution >= 4 is 5.91 Å². The number of aliphatic hydroxyl groups is 1. The van der Waals surface area contributed by atoms with Crippen molar-refractivity contribution in [3.05, 3.63) is 42.5 Å². The molecule has 1 aliphatic rings. The molecule has 0 radical (unpaired) electrons. The lowest BCUT2D eigenvalue weighted by Gasteiger charge is -2.34. The van der Waals surface area contributed by atoms with Gasteiger partial charge in [-0.1, -0.05) is 12.5 Å². The summed E-state index contributed by atoms with van der Waals surface area (Å²) in [5.41, 5.74) is 1.46. The van der Waals surface area contributed by atoms with Gasteiger partial charge in [0, 0.05) is 30.4 Å². The third-order valence-corrected chi connectivity index (χ3v) is 4.47. The average Bonchev–Trinajstić information content (AvgIpc) is 3.17. The smallest absolute Gasteiger partial charge is 0.251 e. The Morgan fingerprint density at radius 2 is 2.12 bits per heavy atom. The Morgan fingerprint density at radius 3 is 2.92 bits per heavy atom. The van der Waals surface area contributed by atoms with Crippen molar-refractivity contribution in [1.82, 2.24) is 25.0 Å². The van der Waals surface area contributed by atoms with Crippen LogP contribution in [0.5, 0.6) is 0 Å². The van der Waals surface area contributed by atoms with E-state index in [1.165, 1.54) is 6.42 Å². The summed E-state index contributed by atoms with van der Waals surface area (Å²) in [6.07, 6.45) is 6.56. The van der Waals surface area contributed by atoms with E-state index in [2.05, 4.69) is 20.4 Å². The summed E-state index contributed by atoms with van der Waals surface area (Å²) in [5, 5.41) is 19.9. The average molecular weight is 329 g/mol. The minimum Gasteiger partial charge on any atom is -0.395 e. The number of nitrogens with one attached hydrogen (secondary N) is 1. The third-order valence-electron chi connectivity index (χ3n) is 4.47. The SMILES string of the molecule is O=C(NCCN1CCCC[C@@H]1CO)c1cccc(-n2cnnc2)c1. The molecule has 2 N–H and O–H groups in total. The number of amides is 1. The Bertz CT molecular complexity index is 659. The number of carbonyl (C=O) groups excluding carboxylic acids is 1. The fraction of sp³-hybridized carbons (Fsp3) is 0.471. The van der Waals surface area contributed by atoms with Crippen LogP contribution < -0.4 is 5.32 Å². The molecule has 1 saturated heterocycles. The molecule has 0 aliphatic carbocycles. The third kappa shape index (κ3) is 3.98. The van der Waals surface area contributed by atoms with Crippen molar-refractivity contribution in [1.29, 1.82) is 0 Å². The van der Waals surface area contributed by atoms with Crippen LogP contribution in [0.25, 0.3) is 5.69 Å². The molecule has 0 spiro atoms. The van der Waals surface area contributed by atoms with Gasteiger partial charge in [-0.3, -0.25) is 14.3 Å². The lowest BCUT2D eigenvalue weighted by Crippen LogP contribution is -2.45. The molecule has 0 unspecified atom stereocenters. The quantitative estimate of drug-likeness (QED) is 0.821. The Balaban J connectivity index is 1.54. The van der Waals surface area contributed by atoms with Crippen LogP contribution in [-0.4, -0.2) is 63.0 Å². The topological polar surface area (TPSA) is 83.3 Å². The highest BCUT2D eigenvalue weighted by molar-refractivity contribution is 5.94. The number of rotatable bonds is 6. The molecule has 24 heavy (non-hydrogen) atoms. The first-order valence-corrected chi connectivity index (χ1v) is 8.36. The first kappa shape index (κ1) is 16.6. The van der Waals surface area contributed by atoms with Gasteiger partial charge in [0.1, 0.15) is 12.7 Å². The second kappa shape index (κ2) is 8.03. The van der Waals surface area contributed by atoms with Crippen LogP contribution in [0.2, 0.25) is 0 Å². The minimum atomic E-state index is -0.0949. The van der Waals surface area contributed by atoms with E-state index in [0.29, 0.717) is 12.1 Å². The fourth-order valence-corrected chi connectivity index (χ4v) is 3.12. The van der Waals surface area contributed by atoms with E-state index in [4.69, 9.17) is 0 Å². The molecule has 1 fully saturated rings. The van der Waals surface area contributed by atoms with Crippen molar-refractivity contribution in [2.24, 2.45) is 0 Å². The zero-order chi connectivity index (χ0) is 16.8. The summed E-state index contributed by atoms with van der Waals surface area (Å²) >= 11 is 0. The molecular formula is C17H23N5O2. The molecule has 0 bridgehead atoms. The summed E-state index contributed by atoms with van der Waals surface area (Å²) in [4.78, 5) is 14.6. The Kier molecular flexibility index (Phi) is 5.55. The largest absolute Gasteiger partial charge is 0.395 e. The van der Waals surface area contributed by atoms with Gasteiger partial charge in [-0.05, 0) is 37.6 Å². The number of hydrogen-bond donors (Lipinski definition) is 2. The normalized spacial score (nSPS) is 18.5. The van der Waals surface area contributed by atoms with Gasteiger partial charge in [-0.15, -0.1) is 10.2 Å². The number of aromatic nitrogens is 3. The highest BCUT2D eigenvalue weighted by atomic mass is 16.3. The molecule has 1 aromatic heterocycles. The summed E-state index contributed by atoms with van der Waals surface area (Å²) < 4.78 is 1.76. The van der Waals surface area contributed by atoms with Gasteiger partial charge in [-0.2, -0.15) is 0 Å². The molecule has 0 saturated carbocycles. The first-order valence-electron chi connectivity index (χ1n) is 8.36. The van der Waals surface area contributed by atoms with Gasteiger partial charge in [0.2, 0.25) is 0 Å². The van der Waals surface area contributed by atoms with Crippen LogP contribution in [0.3, 0.4) is 0 Å². The van der Waals surface area contributed by atoms with E-state index in [1.807, 2.05) is 18.2 Å². The van der Waals surface area contributed by atoms with E-state index in [1.54, 1.807) is 23.3 Å². The number of hydrogen-bond acceptors (Lipinski definition) is 5.